The first kappa shape index (κ1) is 16.5. The molecule has 0 radical (unpaired) electrons. The van der Waals surface area contributed by atoms with Gasteiger partial charge in [0.05, 0.1) is 4.47 Å². The minimum Gasteiger partial charge on any atom is -0.456 e. The van der Waals surface area contributed by atoms with Gasteiger partial charge in [-0.2, -0.15) is 0 Å². The van der Waals surface area contributed by atoms with Gasteiger partial charge in [0.15, 0.2) is 0 Å². The van der Waals surface area contributed by atoms with Crippen molar-refractivity contribution >= 4 is 31.9 Å². The van der Waals surface area contributed by atoms with Gasteiger partial charge < -0.3 is 10.1 Å². The Bertz CT molecular complexity index is 626. The maximum absolute atomic E-state index is 5.94. The Hall–Kier alpha value is -0.840. The molecule has 4 heteroatoms. The average Bonchev–Trinajstić information content (AvgIpc) is 2.43. The highest BCUT2D eigenvalue weighted by atomic mass is 79.9. The number of hydrogen-bond donors (Lipinski definition) is 1. The van der Waals surface area contributed by atoms with E-state index in [0.29, 0.717) is 6.04 Å². The lowest BCUT2D eigenvalue weighted by molar-refractivity contribution is 0.478. The highest BCUT2D eigenvalue weighted by Crippen LogP contribution is 2.32. The number of nitrogens with one attached hydrogen (secondary N) is 1. The van der Waals surface area contributed by atoms with Crippen LogP contribution in [0.25, 0.3) is 0 Å². The van der Waals surface area contributed by atoms with E-state index in [1.165, 1.54) is 5.56 Å². The quantitative estimate of drug-likeness (QED) is 0.668. The lowest BCUT2D eigenvalue weighted by atomic mass is 10.2. The van der Waals surface area contributed by atoms with Gasteiger partial charge in [0.2, 0.25) is 0 Å². The molecule has 0 aromatic heterocycles. The Morgan fingerprint density at radius 1 is 1.05 bits per heavy atom. The second-order valence-electron chi connectivity index (χ2n) is 5.31. The summed E-state index contributed by atoms with van der Waals surface area (Å²) < 4.78 is 7.99. The zero-order valence-corrected chi connectivity index (χ0v) is 15.6. The molecule has 2 rings (SSSR count). The highest BCUT2D eigenvalue weighted by molar-refractivity contribution is 9.10. The molecule has 0 aliphatic rings. The minimum atomic E-state index is 0.477. The summed E-state index contributed by atoms with van der Waals surface area (Å²) in [5.74, 6) is 1.66. The van der Waals surface area contributed by atoms with Gasteiger partial charge >= 0.3 is 0 Å². The van der Waals surface area contributed by atoms with E-state index in [4.69, 9.17) is 4.74 Å². The highest BCUT2D eigenvalue weighted by Gasteiger charge is 2.06. The van der Waals surface area contributed by atoms with Crippen LogP contribution in [-0.2, 0) is 6.54 Å². The molecule has 112 valence electrons. The Kier molecular flexibility index (Phi) is 5.85. The maximum atomic E-state index is 5.94. The van der Waals surface area contributed by atoms with Crippen LogP contribution >= 0.6 is 31.9 Å². The maximum Gasteiger partial charge on any atom is 0.141 e. The van der Waals surface area contributed by atoms with Crippen molar-refractivity contribution in [3.8, 4) is 11.5 Å². The normalized spacial score (nSPS) is 11.0. The molecule has 0 unspecified atom stereocenters. The molecule has 0 aliphatic heterocycles. The smallest absolute Gasteiger partial charge is 0.141 e. The fourth-order valence-corrected chi connectivity index (χ4v) is 2.62. The Balaban J connectivity index is 2.11. The molecule has 0 bridgehead atoms. The van der Waals surface area contributed by atoms with Crippen LogP contribution in [0.1, 0.15) is 25.0 Å². The number of rotatable bonds is 5. The van der Waals surface area contributed by atoms with E-state index in [1.54, 1.807) is 0 Å². The molecule has 0 spiro atoms. The molecule has 0 saturated heterocycles. The molecule has 2 aromatic carbocycles. The average molecular weight is 413 g/mol. The van der Waals surface area contributed by atoms with Gasteiger partial charge in [0, 0.05) is 17.1 Å². The van der Waals surface area contributed by atoms with Crippen molar-refractivity contribution in [3.63, 3.8) is 0 Å². The SMILES string of the molecule is Cc1cc(Oc2ccc(CNC(C)C)cc2Br)ccc1Br. The fourth-order valence-electron chi connectivity index (χ4n) is 1.87. The number of hydrogen-bond acceptors (Lipinski definition) is 2. The summed E-state index contributed by atoms with van der Waals surface area (Å²) in [6, 6.07) is 12.6. The predicted octanol–water partition coefficient (Wildman–Crippen LogP) is 5.81. The van der Waals surface area contributed by atoms with Crippen LogP contribution in [0.4, 0.5) is 0 Å². The van der Waals surface area contributed by atoms with Crippen molar-refractivity contribution in [2.24, 2.45) is 0 Å². The molecule has 0 fully saturated rings. The first-order valence-electron chi connectivity index (χ1n) is 6.91. The second kappa shape index (κ2) is 7.43. The van der Waals surface area contributed by atoms with Crippen molar-refractivity contribution in [1.82, 2.24) is 5.32 Å². The fraction of sp³-hybridized carbons (Fsp3) is 0.294. The number of ether oxygens (including phenoxy) is 1. The molecule has 0 amide bonds. The van der Waals surface area contributed by atoms with Crippen molar-refractivity contribution in [1.29, 1.82) is 0 Å². The van der Waals surface area contributed by atoms with E-state index in [0.717, 1.165) is 32.6 Å². The summed E-state index contributed by atoms with van der Waals surface area (Å²) in [4.78, 5) is 0. The van der Waals surface area contributed by atoms with E-state index in [9.17, 15) is 0 Å². The second-order valence-corrected chi connectivity index (χ2v) is 7.02. The first-order chi connectivity index (χ1) is 9.95. The molecule has 1 N–H and O–H groups in total. The number of aryl methyl sites for hydroxylation is 1. The Morgan fingerprint density at radius 3 is 2.43 bits per heavy atom. The van der Waals surface area contributed by atoms with E-state index in [1.807, 2.05) is 31.2 Å². The van der Waals surface area contributed by atoms with Gasteiger partial charge in [0.25, 0.3) is 0 Å². The lowest BCUT2D eigenvalue weighted by Crippen LogP contribution is -2.21. The van der Waals surface area contributed by atoms with Crippen LogP contribution < -0.4 is 10.1 Å². The van der Waals surface area contributed by atoms with Crippen molar-refractivity contribution in [3.05, 3.63) is 56.5 Å². The summed E-state index contributed by atoms with van der Waals surface area (Å²) in [5.41, 5.74) is 2.39. The zero-order chi connectivity index (χ0) is 15.4. The minimum absolute atomic E-state index is 0.477. The molecule has 0 heterocycles. The zero-order valence-electron chi connectivity index (χ0n) is 12.4. The van der Waals surface area contributed by atoms with Crippen LogP contribution in [0.5, 0.6) is 11.5 Å². The van der Waals surface area contributed by atoms with E-state index in [-0.39, 0.29) is 0 Å². The third-order valence-electron chi connectivity index (χ3n) is 3.07. The van der Waals surface area contributed by atoms with Crippen molar-refractivity contribution in [2.75, 3.05) is 0 Å². The first-order valence-corrected chi connectivity index (χ1v) is 8.50. The van der Waals surface area contributed by atoms with Gasteiger partial charge in [0.1, 0.15) is 11.5 Å². The summed E-state index contributed by atoms with van der Waals surface area (Å²) >= 11 is 7.08. The molecule has 2 aromatic rings. The largest absolute Gasteiger partial charge is 0.456 e. The summed E-state index contributed by atoms with van der Waals surface area (Å²) in [7, 11) is 0. The molecule has 0 aliphatic carbocycles. The monoisotopic (exact) mass is 411 g/mol. The Labute approximate surface area is 143 Å². The Morgan fingerprint density at radius 2 is 1.81 bits per heavy atom. The summed E-state index contributed by atoms with van der Waals surface area (Å²) in [6.45, 7) is 7.19. The summed E-state index contributed by atoms with van der Waals surface area (Å²) in [6.07, 6.45) is 0. The van der Waals surface area contributed by atoms with Crippen LogP contribution in [0.3, 0.4) is 0 Å². The molecular formula is C17H19Br2NO. The van der Waals surface area contributed by atoms with Gasteiger partial charge in [-0.15, -0.1) is 0 Å². The van der Waals surface area contributed by atoms with Gasteiger partial charge in [-0.3, -0.25) is 0 Å². The van der Waals surface area contributed by atoms with Crippen molar-refractivity contribution in [2.45, 2.75) is 33.4 Å². The van der Waals surface area contributed by atoms with E-state index < -0.39 is 0 Å². The van der Waals surface area contributed by atoms with Gasteiger partial charge in [-0.05, 0) is 64.3 Å². The molecule has 2 nitrogen and oxygen atoms in total. The molecule has 0 atom stereocenters. The number of halogens is 2. The van der Waals surface area contributed by atoms with Crippen LogP contribution in [0.2, 0.25) is 0 Å². The molecule has 21 heavy (non-hydrogen) atoms. The lowest BCUT2D eigenvalue weighted by Gasteiger charge is -2.12. The third kappa shape index (κ3) is 4.83. The van der Waals surface area contributed by atoms with Crippen LogP contribution in [0, 0.1) is 6.92 Å². The standard InChI is InChI=1S/C17H19Br2NO/c1-11(2)20-10-13-4-7-17(16(19)9-13)21-14-5-6-15(18)12(3)8-14/h4-9,11,20H,10H2,1-3H3. The molecular weight excluding hydrogens is 394 g/mol. The van der Waals surface area contributed by atoms with Gasteiger partial charge in [-0.1, -0.05) is 35.8 Å². The van der Waals surface area contributed by atoms with Gasteiger partial charge in [-0.25, -0.2) is 0 Å². The van der Waals surface area contributed by atoms with Crippen LogP contribution in [0.15, 0.2) is 45.3 Å². The predicted molar refractivity (Wildman–Crippen MR) is 95.1 cm³/mol. The topological polar surface area (TPSA) is 21.3 Å². The van der Waals surface area contributed by atoms with E-state index in [2.05, 4.69) is 63.2 Å². The summed E-state index contributed by atoms with van der Waals surface area (Å²) in [5, 5.41) is 3.40. The molecule has 0 saturated carbocycles. The van der Waals surface area contributed by atoms with Crippen molar-refractivity contribution < 1.29 is 4.74 Å². The van der Waals surface area contributed by atoms with Crippen LogP contribution in [-0.4, -0.2) is 6.04 Å². The van der Waals surface area contributed by atoms with E-state index >= 15 is 0 Å². The third-order valence-corrected chi connectivity index (χ3v) is 4.58. The number of benzene rings is 2.